The Morgan fingerprint density at radius 3 is 2.87 bits per heavy atom. The summed E-state index contributed by atoms with van der Waals surface area (Å²) in [6, 6.07) is 5.63. The van der Waals surface area contributed by atoms with Crippen molar-refractivity contribution in [2.24, 2.45) is 5.73 Å². The number of nitrogens with two attached hydrogens (primary N) is 1. The van der Waals surface area contributed by atoms with Gasteiger partial charge in [-0.05, 0) is 24.6 Å². The van der Waals surface area contributed by atoms with E-state index in [9.17, 15) is 0 Å². The highest BCUT2D eigenvalue weighted by molar-refractivity contribution is 5.40. The summed E-state index contributed by atoms with van der Waals surface area (Å²) in [5, 5.41) is 0. The van der Waals surface area contributed by atoms with Crippen LogP contribution in [0.1, 0.15) is 12.0 Å². The van der Waals surface area contributed by atoms with Crippen molar-refractivity contribution in [2.45, 2.75) is 13.0 Å². The van der Waals surface area contributed by atoms with E-state index in [4.69, 9.17) is 15.2 Å². The third kappa shape index (κ3) is 3.29. The molecule has 3 nitrogen and oxygen atoms in total. The first kappa shape index (κ1) is 11.6. The predicted octanol–water partition coefficient (Wildman–Crippen LogP) is 2.11. The first-order valence-electron chi connectivity index (χ1n) is 4.92. The smallest absolute Gasteiger partial charge is 0.124 e. The molecule has 82 valence electrons. The van der Waals surface area contributed by atoms with Crippen molar-refractivity contribution < 1.29 is 9.47 Å². The van der Waals surface area contributed by atoms with Gasteiger partial charge in [-0.25, -0.2) is 0 Å². The van der Waals surface area contributed by atoms with E-state index in [2.05, 4.69) is 6.58 Å². The topological polar surface area (TPSA) is 44.5 Å². The summed E-state index contributed by atoms with van der Waals surface area (Å²) < 4.78 is 10.7. The van der Waals surface area contributed by atoms with Gasteiger partial charge in [0.1, 0.15) is 11.5 Å². The van der Waals surface area contributed by atoms with Crippen LogP contribution in [-0.2, 0) is 6.54 Å². The number of methoxy groups -OCH3 is 1. The van der Waals surface area contributed by atoms with Crippen molar-refractivity contribution in [3.63, 3.8) is 0 Å². The van der Waals surface area contributed by atoms with Gasteiger partial charge in [0.15, 0.2) is 0 Å². The van der Waals surface area contributed by atoms with Gasteiger partial charge in [0.2, 0.25) is 0 Å². The molecule has 0 saturated carbocycles. The second kappa shape index (κ2) is 6.09. The first-order valence-corrected chi connectivity index (χ1v) is 4.92. The summed E-state index contributed by atoms with van der Waals surface area (Å²) in [6.07, 6.45) is 2.65. The molecule has 0 aromatic heterocycles. The van der Waals surface area contributed by atoms with E-state index >= 15 is 0 Å². The Morgan fingerprint density at radius 2 is 2.27 bits per heavy atom. The standard InChI is InChI=1S/C12H17NO2/c1-3-4-7-15-12-6-5-11(14-2)8-10(12)9-13/h3,5-6,8H,1,4,7,9,13H2,2H3. The summed E-state index contributed by atoms with van der Waals surface area (Å²) in [4.78, 5) is 0. The molecule has 0 bridgehead atoms. The summed E-state index contributed by atoms with van der Waals surface area (Å²) in [5.41, 5.74) is 6.58. The van der Waals surface area contributed by atoms with E-state index < -0.39 is 0 Å². The molecule has 0 radical (unpaired) electrons. The number of hydrogen-bond donors (Lipinski definition) is 1. The van der Waals surface area contributed by atoms with Crippen LogP contribution in [0.4, 0.5) is 0 Å². The molecule has 0 amide bonds. The maximum Gasteiger partial charge on any atom is 0.124 e. The predicted molar refractivity (Wildman–Crippen MR) is 61.2 cm³/mol. The lowest BCUT2D eigenvalue weighted by Gasteiger charge is -2.10. The molecule has 1 aromatic rings. The monoisotopic (exact) mass is 207 g/mol. The fourth-order valence-corrected chi connectivity index (χ4v) is 1.24. The SMILES string of the molecule is C=CCCOc1ccc(OC)cc1CN. The zero-order valence-electron chi connectivity index (χ0n) is 9.03. The molecular formula is C12H17NO2. The average molecular weight is 207 g/mol. The molecule has 1 aromatic carbocycles. The molecule has 15 heavy (non-hydrogen) atoms. The van der Waals surface area contributed by atoms with Crippen LogP contribution in [0.15, 0.2) is 30.9 Å². The molecule has 0 aliphatic carbocycles. The minimum Gasteiger partial charge on any atom is -0.497 e. The lowest BCUT2D eigenvalue weighted by molar-refractivity contribution is 0.320. The van der Waals surface area contributed by atoms with E-state index in [1.54, 1.807) is 7.11 Å². The van der Waals surface area contributed by atoms with Gasteiger partial charge >= 0.3 is 0 Å². The average Bonchev–Trinajstić information content (AvgIpc) is 2.29. The van der Waals surface area contributed by atoms with Crippen molar-refractivity contribution >= 4 is 0 Å². The van der Waals surface area contributed by atoms with E-state index in [0.29, 0.717) is 13.2 Å². The van der Waals surface area contributed by atoms with Crippen LogP contribution in [-0.4, -0.2) is 13.7 Å². The van der Waals surface area contributed by atoms with E-state index in [1.807, 2.05) is 24.3 Å². The van der Waals surface area contributed by atoms with Crippen LogP contribution >= 0.6 is 0 Å². The van der Waals surface area contributed by atoms with Crippen LogP contribution < -0.4 is 15.2 Å². The normalized spacial score (nSPS) is 9.73. The van der Waals surface area contributed by atoms with Crippen LogP contribution in [0.5, 0.6) is 11.5 Å². The third-order valence-corrected chi connectivity index (χ3v) is 2.07. The highest BCUT2D eigenvalue weighted by atomic mass is 16.5. The lowest BCUT2D eigenvalue weighted by Crippen LogP contribution is -2.03. The van der Waals surface area contributed by atoms with Gasteiger partial charge in [-0.1, -0.05) is 6.08 Å². The molecule has 0 fully saturated rings. The fourth-order valence-electron chi connectivity index (χ4n) is 1.24. The summed E-state index contributed by atoms with van der Waals surface area (Å²) in [6.45, 7) is 4.71. The minimum absolute atomic E-state index is 0.445. The van der Waals surface area contributed by atoms with Gasteiger partial charge in [-0.15, -0.1) is 6.58 Å². The molecular weight excluding hydrogens is 190 g/mol. The van der Waals surface area contributed by atoms with Crippen LogP contribution in [0.3, 0.4) is 0 Å². The van der Waals surface area contributed by atoms with Crippen molar-refractivity contribution in [1.82, 2.24) is 0 Å². The zero-order chi connectivity index (χ0) is 11.1. The Hall–Kier alpha value is -1.48. The Bertz CT molecular complexity index is 323. The maximum absolute atomic E-state index is 5.62. The van der Waals surface area contributed by atoms with Crippen LogP contribution in [0.25, 0.3) is 0 Å². The fraction of sp³-hybridized carbons (Fsp3) is 0.333. The molecule has 3 heteroatoms. The number of benzene rings is 1. The van der Waals surface area contributed by atoms with Gasteiger partial charge < -0.3 is 15.2 Å². The van der Waals surface area contributed by atoms with E-state index in [1.165, 1.54) is 0 Å². The summed E-state index contributed by atoms with van der Waals surface area (Å²) in [7, 11) is 1.63. The Labute approximate surface area is 90.5 Å². The van der Waals surface area contributed by atoms with Gasteiger partial charge in [-0.3, -0.25) is 0 Å². The van der Waals surface area contributed by atoms with Crippen molar-refractivity contribution in [3.05, 3.63) is 36.4 Å². The zero-order valence-corrected chi connectivity index (χ0v) is 9.03. The Morgan fingerprint density at radius 1 is 1.47 bits per heavy atom. The van der Waals surface area contributed by atoms with Crippen LogP contribution in [0.2, 0.25) is 0 Å². The van der Waals surface area contributed by atoms with Crippen LogP contribution in [0, 0.1) is 0 Å². The van der Waals surface area contributed by atoms with Crippen molar-refractivity contribution in [2.75, 3.05) is 13.7 Å². The Kier molecular flexibility index (Phi) is 4.71. The third-order valence-electron chi connectivity index (χ3n) is 2.07. The highest BCUT2D eigenvalue weighted by Crippen LogP contribution is 2.23. The molecule has 2 N–H and O–H groups in total. The molecule has 0 spiro atoms. The minimum atomic E-state index is 0.445. The number of ether oxygens (including phenoxy) is 2. The quantitative estimate of drug-likeness (QED) is 0.574. The molecule has 0 saturated heterocycles. The number of rotatable bonds is 6. The lowest BCUT2D eigenvalue weighted by atomic mass is 10.2. The van der Waals surface area contributed by atoms with Gasteiger partial charge in [-0.2, -0.15) is 0 Å². The molecule has 0 unspecified atom stereocenters. The summed E-state index contributed by atoms with van der Waals surface area (Å²) >= 11 is 0. The second-order valence-corrected chi connectivity index (χ2v) is 3.10. The van der Waals surface area contributed by atoms with Gasteiger partial charge in [0.25, 0.3) is 0 Å². The van der Waals surface area contributed by atoms with Crippen molar-refractivity contribution in [1.29, 1.82) is 0 Å². The van der Waals surface area contributed by atoms with Gasteiger partial charge in [0, 0.05) is 12.1 Å². The molecule has 0 atom stereocenters. The van der Waals surface area contributed by atoms with Crippen molar-refractivity contribution in [3.8, 4) is 11.5 Å². The maximum atomic E-state index is 5.62. The first-order chi connectivity index (χ1) is 7.31. The molecule has 0 aliphatic heterocycles. The van der Waals surface area contributed by atoms with E-state index in [-0.39, 0.29) is 0 Å². The molecule has 0 aliphatic rings. The highest BCUT2D eigenvalue weighted by Gasteiger charge is 2.03. The molecule has 1 rings (SSSR count). The second-order valence-electron chi connectivity index (χ2n) is 3.10. The number of hydrogen-bond acceptors (Lipinski definition) is 3. The largest absolute Gasteiger partial charge is 0.497 e. The summed E-state index contributed by atoms with van der Waals surface area (Å²) in [5.74, 6) is 1.62. The van der Waals surface area contributed by atoms with Gasteiger partial charge in [0.05, 0.1) is 13.7 Å². The van der Waals surface area contributed by atoms with E-state index in [0.717, 1.165) is 23.5 Å². The molecule has 0 heterocycles. The Balaban J connectivity index is 2.73.